The van der Waals surface area contributed by atoms with Gasteiger partial charge in [-0.05, 0) is 56.9 Å². The van der Waals surface area contributed by atoms with Crippen LogP contribution in [-0.2, 0) is 22.5 Å². The molecule has 2 aromatic carbocycles. The van der Waals surface area contributed by atoms with Crippen LogP contribution in [0.4, 0.5) is 10.2 Å². The largest absolute Gasteiger partial charge is 0.493 e. The molecular formula is C31H40FN3O5. The number of ether oxygens (including phenoxy) is 4. The highest BCUT2D eigenvalue weighted by Crippen LogP contribution is 2.44. The summed E-state index contributed by atoms with van der Waals surface area (Å²) in [4.78, 5) is 22.8. The topological polar surface area (TPSA) is 73.4 Å². The van der Waals surface area contributed by atoms with E-state index in [1.165, 1.54) is 12.1 Å². The zero-order chi connectivity index (χ0) is 29.0. The van der Waals surface area contributed by atoms with Crippen LogP contribution in [0.3, 0.4) is 0 Å². The van der Waals surface area contributed by atoms with Crippen LogP contribution in [0.25, 0.3) is 10.9 Å². The number of hydrogen-bond donors (Lipinski definition) is 0. The molecule has 1 aliphatic rings. The number of carbonyl (C=O) groups is 1. The van der Waals surface area contributed by atoms with Gasteiger partial charge in [-0.2, -0.15) is 0 Å². The van der Waals surface area contributed by atoms with Crippen LogP contribution in [0.1, 0.15) is 37.8 Å². The van der Waals surface area contributed by atoms with Gasteiger partial charge in [0.1, 0.15) is 11.6 Å². The van der Waals surface area contributed by atoms with Crippen molar-refractivity contribution in [3.63, 3.8) is 0 Å². The van der Waals surface area contributed by atoms with Gasteiger partial charge in [0.05, 0.1) is 32.4 Å². The second-order valence-electron chi connectivity index (χ2n) is 11.0. The zero-order valence-electron chi connectivity index (χ0n) is 24.5. The standard InChI is InChI=1S/C31H40FN3O5/c1-31(2)18-21(13-15-40-31)30(36)35(14-12-20-8-10-23(32)11-9-20)19-22-16-24-25(33-29(22)34(3)4)17-26(37-5)28(39-7)27(24)38-6/h8-11,16-17,21H,12-15,18-19H2,1-7H3. The summed E-state index contributed by atoms with van der Waals surface area (Å²) in [6.07, 6.45) is 1.93. The summed E-state index contributed by atoms with van der Waals surface area (Å²) in [5.41, 5.74) is 2.18. The Hall–Kier alpha value is -3.59. The molecule has 1 aromatic heterocycles. The molecule has 1 atom stereocenters. The first-order valence-corrected chi connectivity index (χ1v) is 13.5. The van der Waals surface area contributed by atoms with Gasteiger partial charge < -0.3 is 28.7 Å². The fourth-order valence-corrected chi connectivity index (χ4v) is 5.41. The molecule has 9 heteroatoms. The molecule has 2 heterocycles. The van der Waals surface area contributed by atoms with Crippen molar-refractivity contribution in [1.29, 1.82) is 0 Å². The predicted octanol–water partition coefficient (Wildman–Crippen LogP) is 5.24. The van der Waals surface area contributed by atoms with Crippen LogP contribution >= 0.6 is 0 Å². The van der Waals surface area contributed by atoms with E-state index >= 15 is 0 Å². The molecule has 1 aliphatic heterocycles. The third-order valence-corrected chi connectivity index (χ3v) is 7.41. The Morgan fingerprint density at radius 3 is 2.38 bits per heavy atom. The van der Waals surface area contributed by atoms with Crippen LogP contribution in [0.15, 0.2) is 36.4 Å². The van der Waals surface area contributed by atoms with Gasteiger partial charge in [-0.25, -0.2) is 9.37 Å². The van der Waals surface area contributed by atoms with Gasteiger partial charge in [-0.15, -0.1) is 0 Å². The van der Waals surface area contributed by atoms with E-state index in [0.29, 0.717) is 61.7 Å². The van der Waals surface area contributed by atoms with Gasteiger partial charge in [-0.1, -0.05) is 12.1 Å². The molecule has 1 unspecified atom stereocenters. The molecule has 3 aromatic rings. The van der Waals surface area contributed by atoms with Crippen LogP contribution in [0.5, 0.6) is 17.2 Å². The maximum absolute atomic E-state index is 14.0. The van der Waals surface area contributed by atoms with Crippen molar-refractivity contribution in [2.24, 2.45) is 5.92 Å². The van der Waals surface area contributed by atoms with E-state index in [0.717, 1.165) is 22.3 Å². The first-order valence-electron chi connectivity index (χ1n) is 13.5. The Morgan fingerprint density at radius 2 is 1.77 bits per heavy atom. The molecule has 216 valence electrons. The molecule has 1 fully saturated rings. The van der Waals surface area contributed by atoms with Crippen molar-refractivity contribution in [1.82, 2.24) is 9.88 Å². The molecule has 8 nitrogen and oxygen atoms in total. The lowest BCUT2D eigenvalue weighted by atomic mass is 9.87. The van der Waals surface area contributed by atoms with Crippen LogP contribution in [-0.4, -0.2) is 70.0 Å². The molecule has 0 bridgehead atoms. The van der Waals surface area contributed by atoms with Crippen molar-refractivity contribution < 1.29 is 28.1 Å². The highest BCUT2D eigenvalue weighted by Gasteiger charge is 2.35. The van der Waals surface area contributed by atoms with Crippen LogP contribution in [0, 0.1) is 11.7 Å². The summed E-state index contributed by atoms with van der Waals surface area (Å²) in [5, 5.41) is 0.763. The van der Waals surface area contributed by atoms with E-state index in [1.54, 1.807) is 33.5 Å². The summed E-state index contributed by atoms with van der Waals surface area (Å²) in [7, 11) is 8.59. The molecule has 1 saturated heterocycles. The highest BCUT2D eigenvalue weighted by atomic mass is 19.1. The minimum atomic E-state index is -0.358. The van der Waals surface area contributed by atoms with E-state index in [2.05, 4.69) is 0 Å². The number of fused-ring (bicyclic) bond motifs is 1. The number of methoxy groups -OCH3 is 3. The van der Waals surface area contributed by atoms with Gasteiger partial charge >= 0.3 is 0 Å². The Labute approximate surface area is 236 Å². The Morgan fingerprint density at radius 1 is 1.07 bits per heavy atom. The summed E-state index contributed by atoms with van der Waals surface area (Å²) < 4.78 is 36.3. The SMILES string of the molecule is COc1cc2nc(N(C)C)c(CN(CCc3ccc(F)cc3)C(=O)C3CCOC(C)(C)C3)cc2c(OC)c1OC. The number of hydrogen-bond acceptors (Lipinski definition) is 7. The van der Waals surface area contributed by atoms with E-state index in [9.17, 15) is 9.18 Å². The second-order valence-corrected chi connectivity index (χ2v) is 11.0. The van der Waals surface area contributed by atoms with Crippen LogP contribution in [0.2, 0.25) is 0 Å². The molecule has 4 rings (SSSR count). The number of rotatable bonds is 10. The molecule has 40 heavy (non-hydrogen) atoms. The minimum absolute atomic E-state index is 0.0857. The smallest absolute Gasteiger partial charge is 0.226 e. The third-order valence-electron chi connectivity index (χ3n) is 7.41. The van der Waals surface area contributed by atoms with Gasteiger partial charge in [0.25, 0.3) is 0 Å². The highest BCUT2D eigenvalue weighted by molar-refractivity contribution is 5.92. The number of halogens is 1. The fourth-order valence-electron chi connectivity index (χ4n) is 5.41. The lowest BCUT2D eigenvalue weighted by Crippen LogP contribution is -2.44. The maximum Gasteiger partial charge on any atom is 0.226 e. The number of amides is 1. The lowest BCUT2D eigenvalue weighted by Gasteiger charge is -2.37. The number of nitrogens with zero attached hydrogens (tertiary/aromatic N) is 3. The predicted molar refractivity (Wildman–Crippen MR) is 154 cm³/mol. The van der Waals surface area contributed by atoms with Crippen molar-refractivity contribution in [2.45, 2.75) is 45.3 Å². The van der Waals surface area contributed by atoms with Gasteiger partial charge in [0.2, 0.25) is 11.7 Å². The quantitative estimate of drug-likeness (QED) is 0.340. The normalized spacial score (nSPS) is 16.4. The lowest BCUT2D eigenvalue weighted by molar-refractivity contribution is -0.146. The van der Waals surface area contributed by atoms with Crippen molar-refractivity contribution in [2.75, 3.05) is 53.5 Å². The number of pyridine rings is 1. The van der Waals surface area contributed by atoms with E-state index in [4.69, 9.17) is 23.9 Å². The summed E-state index contributed by atoms with van der Waals surface area (Å²) >= 11 is 0. The molecule has 0 saturated carbocycles. The second kappa shape index (κ2) is 12.3. The molecule has 0 radical (unpaired) electrons. The minimum Gasteiger partial charge on any atom is -0.493 e. The van der Waals surface area contributed by atoms with Crippen molar-refractivity contribution in [3.05, 3.63) is 53.3 Å². The summed E-state index contributed by atoms with van der Waals surface area (Å²) in [6.45, 7) is 5.44. The molecule has 0 aliphatic carbocycles. The first-order chi connectivity index (χ1) is 19.1. The molecule has 0 spiro atoms. The van der Waals surface area contributed by atoms with Gasteiger partial charge in [0.15, 0.2) is 11.5 Å². The van der Waals surface area contributed by atoms with Gasteiger partial charge in [-0.3, -0.25) is 4.79 Å². The summed E-state index contributed by atoms with van der Waals surface area (Å²) in [5.74, 6) is 1.93. The van der Waals surface area contributed by atoms with E-state index < -0.39 is 0 Å². The maximum atomic E-state index is 14.0. The Bertz CT molecular complexity index is 1340. The fraction of sp³-hybridized carbons (Fsp3) is 0.484. The molecular weight excluding hydrogens is 513 g/mol. The third kappa shape index (κ3) is 6.41. The average molecular weight is 554 g/mol. The Balaban J connectivity index is 1.75. The van der Waals surface area contributed by atoms with E-state index in [1.807, 2.05) is 49.9 Å². The number of benzene rings is 2. The van der Waals surface area contributed by atoms with Crippen molar-refractivity contribution >= 4 is 22.6 Å². The van der Waals surface area contributed by atoms with Gasteiger partial charge in [0, 0.05) is 56.7 Å². The van der Waals surface area contributed by atoms with Crippen LogP contribution < -0.4 is 19.1 Å². The molecule has 0 N–H and O–H groups in total. The Kier molecular flexibility index (Phi) is 9.03. The number of aromatic nitrogens is 1. The number of carbonyl (C=O) groups excluding carboxylic acids is 1. The monoisotopic (exact) mass is 553 g/mol. The zero-order valence-corrected chi connectivity index (χ0v) is 24.5. The summed E-state index contributed by atoms with van der Waals surface area (Å²) in [6, 6.07) is 10.3. The number of anilines is 1. The first kappa shape index (κ1) is 29.4. The van der Waals surface area contributed by atoms with E-state index in [-0.39, 0.29) is 23.2 Å². The van der Waals surface area contributed by atoms with Crippen molar-refractivity contribution in [3.8, 4) is 17.2 Å². The average Bonchev–Trinajstić information content (AvgIpc) is 2.93. The molecule has 1 amide bonds.